The first-order chi connectivity index (χ1) is 13.5. The summed E-state index contributed by atoms with van der Waals surface area (Å²) >= 11 is 0. The molecule has 1 aliphatic heterocycles. The molecule has 3 rings (SSSR count). The highest BCUT2D eigenvalue weighted by Crippen LogP contribution is 2.19. The fourth-order valence-electron chi connectivity index (χ4n) is 3.40. The van der Waals surface area contributed by atoms with Crippen LogP contribution in [-0.2, 0) is 9.59 Å². The standard InChI is InChI=1S/C23H26N2O3/c1-17-9-11-18(12-10-17)20(26)13-14-21(27)24-22(19-7-3-2-4-8-19)23(28)25-15-5-6-16-25/h2-4,7-12,22H,5-6,13-16H2,1H3,(H,24,27)/t22-/m0/s1. The molecule has 2 aromatic rings. The number of likely N-dealkylation sites (tertiary alicyclic amines) is 1. The number of Topliss-reactive ketones (excluding diaryl/α,β-unsaturated/α-hetero) is 1. The lowest BCUT2D eigenvalue weighted by molar-refractivity contribution is -0.135. The number of amides is 2. The van der Waals surface area contributed by atoms with Crippen LogP contribution in [0, 0.1) is 6.92 Å². The van der Waals surface area contributed by atoms with Crippen molar-refractivity contribution in [2.45, 2.75) is 38.6 Å². The second-order valence-corrected chi connectivity index (χ2v) is 7.23. The molecule has 0 aromatic heterocycles. The van der Waals surface area contributed by atoms with Gasteiger partial charge in [0.05, 0.1) is 0 Å². The Morgan fingerprint density at radius 2 is 1.57 bits per heavy atom. The van der Waals surface area contributed by atoms with Gasteiger partial charge >= 0.3 is 0 Å². The second-order valence-electron chi connectivity index (χ2n) is 7.23. The maximum atomic E-state index is 12.9. The second kappa shape index (κ2) is 9.31. The van der Waals surface area contributed by atoms with Gasteiger partial charge in [-0.05, 0) is 25.3 Å². The molecular formula is C23H26N2O3. The molecule has 5 heteroatoms. The van der Waals surface area contributed by atoms with Gasteiger partial charge in [-0.1, -0.05) is 60.2 Å². The number of ketones is 1. The molecule has 2 amide bonds. The molecule has 0 unspecified atom stereocenters. The quantitative estimate of drug-likeness (QED) is 0.751. The highest BCUT2D eigenvalue weighted by Gasteiger charge is 2.29. The number of aryl methyl sites for hydroxylation is 1. The van der Waals surface area contributed by atoms with Gasteiger partial charge in [-0.3, -0.25) is 14.4 Å². The molecule has 2 aromatic carbocycles. The van der Waals surface area contributed by atoms with Gasteiger partial charge < -0.3 is 10.2 Å². The molecular weight excluding hydrogens is 352 g/mol. The summed E-state index contributed by atoms with van der Waals surface area (Å²) in [6.07, 6.45) is 2.16. The first-order valence-electron chi connectivity index (χ1n) is 9.77. The molecule has 1 fully saturated rings. The van der Waals surface area contributed by atoms with Crippen LogP contribution in [0.15, 0.2) is 54.6 Å². The monoisotopic (exact) mass is 378 g/mol. The molecule has 5 nitrogen and oxygen atoms in total. The van der Waals surface area contributed by atoms with Crippen molar-refractivity contribution in [3.05, 3.63) is 71.3 Å². The predicted molar refractivity (Wildman–Crippen MR) is 108 cm³/mol. The number of nitrogens with one attached hydrogen (secondary N) is 1. The predicted octanol–water partition coefficient (Wildman–Crippen LogP) is 3.44. The number of nitrogens with zero attached hydrogens (tertiary/aromatic N) is 1. The summed E-state index contributed by atoms with van der Waals surface area (Å²) in [5.74, 6) is -0.443. The van der Waals surface area contributed by atoms with Crippen molar-refractivity contribution in [3.63, 3.8) is 0 Å². The fraction of sp³-hybridized carbons (Fsp3) is 0.348. The van der Waals surface area contributed by atoms with E-state index in [4.69, 9.17) is 0 Å². The summed E-state index contributed by atoms with van der Waals surface area (Å²) in [6, 6.07) is 15.9. The first-order valence-corrected chi connectivity index (χ1v) is 9.77. The smallest absolute Gasteiger partial charge is 0.249 e. The number of hydrogen-bond acceptors (Lipinski definition) is 3. The Kier molecular flexibility index (Phi) is 6.58. The van der Waals surface area contributed by atoms with Crippen LogP contribution in [0.5, 0.6) is 0 Å². The van der Waals surface area contributed by atoms with Crippen molar-refractivity contribution in [3.8, 4) is 0 Å². The van der Waals surface area contributed by atoms with E-state index < -0.39 is 6.04 Å². The first kappa shape index (κ1) is 19.8. The Bertz CT molecular complexity index is 825. The maximum absolute atomic E-state index is 12.9. The van der Waals surface area contributed by atoms with Crippen molar-refractivity contribution in [1.82, 2.24) is 10.2 Å². The van der Waals surface area contributed by atoms with Gasteiger partial charge in [-0.25, -0.2) is 0 Å². The molecule has 0 bridgehead atoms. The van der Waals surface area contributed by atoms with Crippen LogP contribution in [0.3, 0.4) is 0 Å². The van der Waals surface area contributed by atoms with E-state index in [0.717, 1.165) is 37.1 Å². The van der Waals surface area contributed by atoms with Crippen LogP contribution >= 0.6 is 0 Å². The van der Waals surface area contributed by atoms with Crippen molar-refractivity contribution < 1.29 is 14.4 Å². The molecule has 1 atom stereocenters. The number of carbonyl (C=O) groups excluding carboxylic acids is 3. The topological polar surface area (TPSA) is 66.5 Å². The van der Waals surface area contributed by atoms with E-state index in [-0.39, 0.29) is 30.4 Å². The zero-order valence-corrected chi connectivity index (χ0v) is 16.2. The molecule has 0 saturated carbocycles. The van der Waals surface area contributed by atoms with Crippen molar-refractivity contribution in [1.29, 1.82) is 0 Å². The van der Waals surface area contributed by atoms with E-state index in [1.165, 1.54) is 0 Å². The third-order valence-electron chi connectivity index (χ3n) is 5.06. The Labute approximate surface area is 165 Å². The molecule has 1 aliphatic rings. The Hall–Kier alpha value is -2.95. The van der Waals surface area contributed by atoms with E-state index in [2.05, 4.69) is 5.32 Å². The zero-order valence-electron chi connectivity index (χ0n) is 16.2. The summed E-state index contributed by atoms with van der Waals surface area (Å²) < 4.78 is 0. The third-order valence-corrected chi connectivity index (χ3v) is 5.06. The Balaban J connectivity index is 1.63. The maximum Gasteiger partial charge on any atom is 0.249 e. The largest absolute Gasteiger partial charge is 0.341 e. The van der Waals surface area contributed by atoms with Gasteiger partial charge in [0, 0.05) is 31.5 Å². The average Bonchev–Trinajstić information content (AvgIpc) is 3.26. The summed E-state index contributed by atoms with van der Waals surface area (Å²) in [4.78, 5) is 39.5. The molecule has 0 aliphatic carbocycles. The van der Waals surface area contributed by atoms with E-state index in [1.807, 2.05) is 49.4 Å². The molecule has 1 N–H and O–H groups in total. The lowest BCUT2D eigenvalue weighted by Gasteiger charge is -2.24. The minimum atomic E-state index is -0.707. The molecule has 1 heterocycles. The average molecular weight is 378 g/mol. The van der Waals surface area contributed by atoms with E-state index in [0.29, 0.717) is 5.56 Å². The Morgan fingerprint density at radius 3 is 2.21 bits per heavy atom. The van der Waals surface area contributed by atoms with Crippen LogP contribution in [0.2, 0.25) is 0 Å². The van der Waals surface area contributed by atoms with Gasteiger partial charge in [-0.15, -0.1) is 0 Å². The van der Waals surface area contributed by atoms with Crippen LogP contribution in [-0.4, -0.2) is 35.6 Å². The summed E-state index contributed by atoms with van der Waals surface area (Å²) in [5, 5.41) is 2.84. The fourth-order valence-corrected chi connectivity index (χ4v) is 3.40. The SMILES string of the molecule is Cc1ccc(C(=O)CCC(=O)N[C@H](C(=O)N2CCCC2)c2ccccc2)cc1. The summed E-state index contributed by atoms with van der Waals surface area (Å²) in [6.45, 7) is 3.41. The number of carbonyl (C=O) groups is 3. The lowest BCUT2D eigenvalue weighted by atomic mass is 10.0. The van der Waals surface area contributed by atoms with Gasteiger partial charge in [0.2, 0.25) is 11.8 Å². The highest BCUT2D eigenvalue weighted by molar-refractivity contribution is 5.98. The molecule has 28 heavy (non-hydrogen) atoms. The van der Waals surface area contributed by atoms with Gasteiger partial charge in [0.1, 0.15) is 6.04 Å². The van der Waals surface area contributed by atoms with Crippen LogP contribution in [0.4, 0.5) is 0 Å². The van der Waals surface area contributed by atoms with E-state index in [9.17, 15) is 14.4 Å². The van der Waals surface area contributed by atoms with Crippen LogP contribution in [0.1, 0.15) is 53.2 Å². The summed E-state index contributed by atoms with van der Waals surface area (Å²) in [7, 11) is 0. The van der Waals surface area contributed by atoms with Crippen molar-refractivity contribution >= 4 is 17.6 Å². The minimum absolute atomic E-state index is 0.0589. The van der Waals surface area contributed by atoms with Gasteiger partial charge in [0.15, 0.2) is 5.78 Å². The highest BCUT2D eigenvalue weighted by atomic mass is 16.2. The van der Waals surface area contributed by atoms with Crippen LogP contribution < -0.4 is 5.32 Å². The van der Waals surface area contributed by atoms with Gasteiger partial charge in [-0.2, -0.15) is 0 Å². The third kappa shape index (κ3) is 5.06. The number of hydrogen-bond donors (Lipinski definition) is 1. The van der Waals surface area contributed by atoms with Crippen LogP contribution in [0.25, 0.3) is 0 Å². The lowest BCUT2D eigenvalue weighted by Crippen LogP contribution is -2.41. The van der Waals surface area contributed by atoms with Gasteiger partial charge in [0.25, 0.3) is 0 Å². The van der Waals surface area contributed by atoms with E-state index in [1.54, 1.807) is 17.0 Å². The molecule has 0 radical (unpaired) electrons. The summed E-state index contributed by atoms with van der Waals surface area (Å²) in [5.41, 5.74) is 2.45. The van der Waals surface area contributed by atoms with E-state index >= 15 is 0 Å². The molecule has 0 spiro atoms. The number of benzene rings is 2. The zero-order chi connectivity index (χ0) is 19.9. The normalized spacial score (nSPS) is 14.5. The number of rotatable bonds is 7. The molecule has 1 saturated heterocycles. The molecule has 146 valence electrons. The van der Waals surface area contributed by atoms with Crippen molar-refractivity contribution in [2.75, 3.05) is 13.1 Å². The Morgan fingerprint density at radius 1 is 0.929 bits per heavy atom. The van der Waals surface area contributed by atoms with Crippen molar-refractivity contribution in [2.24, 2.45) is 0 Å². The minimum Gasteiger partial charge on any atom is -0.341 e.